The van der Waals surface area contributed by atoms with E-state index in [0.717, 1.165) is 11.1 Å². The lowest BCUT2D eigenvalue weighted by Gasteiger charge is -2.07. The number of ketones is 2. The quantitative estimate of drug-likeness (QED) is 0.454. The molecule has 4 heteroatoms. The molecule has 0 spiro atoms. The third kappa shape index (κ3) is 3.55. The number of carbonyl (C=O) groups is 2. The number of rotatable bonds is 4. The molecule has 0 bridgehead atoms. The highest BCUT2D eigenvalue weighted by molar-refractivity contribution is 6.41. The van der Waals surface area contributed by atoms with Crippen molar-refractivity contribution in [2.45, 2.75) is 6.61 Å². The van der Waals surface area contributed by atoms with E-state index >= 15 is 0 Å². The third-order valence-corrected chi connectivity index (χ3v) is 4.67. The Morgan fingerprint density at radius 2 is 1.37 bits per heavy atom. The zero-order valence-electron chi connectivity index (χ0n) is 14.3. The standard InChI is InChI=1S/C23H15ClO3/c24-17-9-5-16(6-10-17)14-27-18-11-7-15(8-12-18)13-21-22(25)19-3-1-2-4-20(19)23(21)26/h1-13H,14H2. The first-order valence-corrected chi connectivity index (χ1v) is 8.87. The summed E-state index contributed by atoms with van der Waals surface area (Å²) < 4.78 is 5.75. The summed E-state index contributed by atoms with van der Waals surface area (Å²) in [6.07, 6.45) is 1.63. The minimum atomic E-state index is -0.223. The van der Waals surface area contributed by atoms with Gasteiger partial charge in [-0.3, -0.25) is 9.59 Å². The van der Waals surface area contributed by atoms with Crippen molar-refractivity contribution < 1.29 is 14.3 Å². The molecule has 0 amide bonds. The molecule has 1 aliphatic rings. The minimum absolute atomic E-state index is 0.200. The van der Waals surface area contributed by atoms with Crippen LogP contribution in [0.15, 0.2) is 78.4 Å². The summed E-state index contributed by atoms with van der Waals surface area (Å²) in [5.74, 6) is 0.261. The number of fused-ring (bicyclic) bond motifs is 1. The van der Waals surface area contributed by atoms with E-state index in [4.69, 9.17) is 16.3 Å². The Kier molecular flexibility index (Phi) is 4.61. The van der Waals surface area contributed by atoms with Crippen LogP contribution in [-0.4, -0.2) is 11.6 Å². The van der Waals surface area contributed by atoms with Gasteiger partial charge in [0.05, 0.1) is 5.57 Å². The fraction of sp³-hybridized carbons (Fsp3) is 0.0435. The van der Waals surface area contributed by atoms with Gasteiger partial charge in [0.1, 0.15) is 12.4 Å². The van der Waals surface area contributed by atoms with Crippen molar-refractivity contribution in [1.82, 2.24) is 0 Å². The van der Waals surface area contributed by atoms with E-state index in [-0.39, 0.29) is 17.1 Å². The molecule has 0 saturated carbocycles. The summed E-state index contributed by atoms with van der Waals surface area (Å²) in [6, 6.07) is 21.7. The van der Waals surface area contributed by atoms with E-state index in [0.29, 0.717) is 28.5 Å². The highest BCUT2D eigenvalue weighted by Crippen LogP contribution is 2.28. The molecule has 0 aliphatic heterocycles. The van der Waals surface area contributed by atoms with Gasteiger partial charge in [0.15, 0.2) is 11.6 Å². The molecule has 0 atom stereocenters. The highest BCUT2D eigenvalue weighted by atomic mass is 35.5. The molecule has 0 saturated heterocycles. The Bertz CT molecular complexity index is 1010. The highest BCUT2D eigenvalue weighted by Gasteiger charge is 2.32. The molecule has 0 aromatic heterocycles. The number of allylic oxidation sites excluding steroid dienone is 1. The summed E-state index contributed by atoms with van der Waals surface area (Å²) >= 11 is 5.87. The van der Waals surface area contributed by atoms with Gasteiger partial charge in [0.2, 0.25) is 0 Å². The first-order valence-electron chi connectivity index (χ1n) is 8.49. The average molecular weight is 375 g/mol. The van der Waals surface area contributed by atoms with E-state index in [1.807, 2.05) is 48.5 Å². The lowest BCUT2D eigenvalue weighted by molar-refractivity contribution is 0.0990. The summed E-state index contributed by atoms with van der Waals surface area (Å²) in [7, 11) is 0. The van der Waals surface area contributed by atoms with Gasteiger partial charge < -0.3 is 4.74 Å². The topological polar surface area (TPSA) is 43.4 Å². The SMILES string of the molecule is O=C1C(=Cc2ccc(OCc3ccc(Cl)cc3)cc2)C(=O)c2ccccc21. The number of carbonyl (C=O) groups excluding carboxylic acids is 2. The second-order valence-electron chi connectivity index (χ2n) is 6.25. The van der Waals surface area contributed by atoms with E-state index in [9.17, 15) is 9.59 Å². The van der Waals surface area contributed by atoms with Crippen LogP contribution < -0.4 is 4.74 Å². The number of hydrogen-bond donors (Lipinski definition) is 0. The van der Waals surface area contributed by atoms with Crippen LogP contribution in [0, 0.1) is 0 Å². The molecule has 0 fully saturated rings. The summed E-state index contributed by atoms with van der Waals surface area (Å²) in [5, 5.41) is 0.689. The molecule has 3 nitrogen and oxygen atoms in total. The first-order chi connectivity index (χ1) is 13.1. The molecule has 27 heavy (non-hydrogen) atoms. The summed E-state index contributed by atoms with van der Waals surface area (Å²) in [5.41, 5.74) is 2.93. The van der Waals surface area contributed by atoms with Crippen LogP contribution in [0.1, 0.15) is 31.8 Å². The molecular weight excluding hydrogens is 360 g/mol. The van der Waals surface area contributed by atoms with E-state index in [1.54, 1.807) is 30.3 Å². The maximum atomic E-state index is 12.4. The zero-order chi connectivity index (χ0) is 18.8. The fourth-order valence-corrected chi connectivity index (χ4v) is 3.10. The second kappa shape index (κ2) is 7.22. The van der Waals surface area contributed by atoms with Gasteiger partial charge in [0.25, 0.3) is 0 Å². The van der Waals surface area contributed by atoms with E-state index < -0.39 is 0 Å². The smallest absolute Gasteiger partial charge is 0.197 e. The molecule has 3 aromatic carbocycles. The number of halogens is 1. The molecule has 0 N–H and O–H groups in total. The number of ether oxygens (including phenoxy) is 1. The lowest BCUT2D eigenvalue weighted by atomic mass is 10.1. The number of Topliss-reactive ketones (excluding diaryl/α,β-unsaturated/α-hetero) is 2. The molecule has 3 aromatic rings. The van der Waals surface area contributed by atoms with Crippen molar-refractivity contribution in [3.8, 4) is 5.75 Å². The predicted molar refractivity (Wildman–Crippen MR) is 105 cm³/mol. The normalized spacial score (nSPS) is 12.9. The molecule has 0 unspecified atom stereocenters. The van der Waals surface area contributed by atoms with Crippen LogP contribution >= 0.6 is 11.6 Å². The van der Waals surface area contributed by atoms with Crippen LogP contribution in [0.2, 0.25) is 5.02 Å². The average Bonchev–Trinajstić information content (AvgIpc) is 2.94. The van der Waals surface area contributed by atoms with Crippen molar-refractivity contribution in [3.63, 3.8) is 0 Å². The Labute approximate surface area is 161 Å². The molecule has 0 radical (unpaired) electrons. The third-order valence-electron chi connectivity index (χ3n) is 4.42. The second-order valence-corrected chi connectivity index (χ2v) is 6.68. The maximum Gasteiger partial charge on any atom is 0.197 e. The number of hydrogen-bond acceptors (Lipinski definition) is 3. The van der Waals surface area contributed by atoms with Gasteiger partial charge in [-0.05, 0) is 41.5 Å². The maximum absolute atomic E-state index is 12.4. The van der Waals surface area contributed by atoms with Crippen LogP contribution in [0.3, 0.4) is 0 Å². The largest absolute Gasteiger partial charge is 0.489 e. The Morgan fingerprint density at radius 1 is 0.778 bits per heavy atom. The molecule has 4 rings (SSSR count). The summed E-state index contributed by atoms with van der Waals surface area (Å²) in [6.45, 7) is 0.434. The fourth-order valence-electron chi connectivity index (χ4n) is 2.98. The monoisotopic (exact) mass is 374 g/mol. The Balaban J connectivity index is 1.48. The van der Waals surface area contributed by atoms with E-state index in [1.165, 1.54) is 0 Å². The van der Waals surface area contributed by atoms with Gasteiger partial charge in [-0.2, -0.15) is 0 Å². The predicted octanol–water partition coefficient (Wildman–Crippen LogP) is 5.38. The van der Waals surface area contributed by atoms with Crippen molar-refractivity contribution in [1.29, 1.82) is 0 Å². The van der Waals surface area contributed by atoms with Gasteiger partial charge >= 0.3 is 0 Å². The molecule has 0 heterocycles. The summed E-state index contributed by atoms with van der Waals surface area (Å²) in [4.78, 5) is 24.9. The zero-order valence-corrected chi connectivity index (χ0v) is 15.1. The van der Waals surface area contributed by atoms with Crippen molar-refractivity contribution in [2.75, 3.05) is 0 Å². The van der Waals surface area contributed by atoms with Crippen LogP contribution in [-0.2, 0) is 6.61 Å². The Hall–Kier alpha value is -3.17. The first kappa shape index (κ1) is 17.3. The molecule has 132 valence electrons. The van der Waals surface area contributed by atoms with Crippen molar-refractivity contribution in [2.24, 2.45) is 0 Å². The molecule has 1 aliphatic carbocycles. The van der Waals surface area contributed by atoms with E-state index in [2.05, 4.69) is 0 Å². The Morgan fingerprint density at radius 3 is 1.96 bits per heavy atom. The van der Waals surface area contributed by atoms with Crippen LogP contribution in [0.5, 0.6) is 5.75 Å². The van der Waals surface area contributed by atoms with Gasteiger partial charge in [-0.1, -0.05) is 60.1 Å². The molecular formula is C23H15ClO3. The van der Waals surface area contributed by atoms with Gasteiger partial charge in [-0.25, -0.2) is 0 Å². The lowest BCUT2D eigenvalue weighted by Crippen LogP contribution is -2.00. The van der Waals surface area contributed by atoms with Crippen LogP contribution in [0.4, 0.5) is 0 Å². The van der Waals surface area contributed by atoms with Gasteiger partial charge in [0, 0.05) is 16.1 Å². The minimum Gasteiger partial charge on any atom is -0.489 e. The van der Waals surface area contributed by atoms with Gasteiger partial charge in [-0.15, -0.1) is 0 Å². The van der Waals surface area contributed by atoms with Crippen molar-refractivity contribution in [3.05, 3.63) is 106 Å². The van der Waals surface area contributed by atoms with Crippen molar-refractivity contribution >= 4 is 29.2 Å². The van der Waals surface area contributed by atoms with Crippen LogP contribution in [0.25, 0.3) is 6.08 Å². The number of benzene rings is 3.